The Morgan fingerprint density at radius 1 is 1.10 bits per heavy atom. The summed E-state index contributed by atoms with van der Waals surface area (Å²) in [5.74, 6) is -2.70. The van der Waals surface area contributed by atoms with E-state index in [0.717, 1.165) is 12.0 Å². The van der Waals surface area contributed by atoms with Crippen molar-refractivity contribution in [3.63, 3.8) is 0 Å². The topological polar surface area (TPSA) is 126 Å². The van der Waals surface area contributed by atoms with E-state index in [2.05, 4.69) is 16.4 Å². The van der Waals surface area contributed by atoms with E-state index in [1.165, 1.54) is 32.1 Å². The number of hydrogen-bond acceptors (Lipinski definition) is 4. The van der Waals surface area contributed by atoms with E-state index in [0.29, 0.717) is 12.3 Å². The zero-order valence-electron chi connectivity index (χ0n) is 17.5. The molecular weight excluding hydrogens is 415 g/mol. The van der Waals surface area contributed by atoms with Crippen LogP contribution in [0.2, 0.25) is 0 Å². The van der Waals surface area contributed by atoms with Crippen molar-refractivity contribution in [1.29, 1.82) is 0 Å². The van der Waals surface area contributed by atoms with Gasteiger partial charge in [0.15, 0.2) is 6.04 Å². The van der Waals surface area contributed by atoms with Gasteiger partial charge in [0.05, 0.1) is 0 Å². The second-order valence-corrected chi connectivity index (χ2v) is 7.59. The van der Waals surface area contributed by atoms with Crippen LogP contribution in [-0.4, -0.2) is 43.1 Å². The number of aliphatic carboxylic acids is 1. The highest BCUT2D eigenvalue weighted by atomic mass is 19.4. The van der Waals surface area contributed by atoms with E-state index in [4.69, 9.17) is 9.90 Å². The number of carboxylic acid groups (broad SMARTS) is 1. The third-order valence-corrected chi connectivity index (χ3v) is 5.11. The van der Waals surface area contributed by atoms with Crippen molar-refractivity contribution in [2.24, 2.45) is 5.92 Å². The number of amides is 2. The van der Waals surface area contributed by atoms with Crippen LogP contribution in [0.25, 0.3) is 0 Å². The molecule has 0 aromatic heterocycles. The summed E-state index contributed by atoms with van der Waals surface area (Å²) in [6.45, 7) is 0. The SMILES string of the molecule is CNC(=O)[C@@H](Cc1ccccc1)NC(=O)[C@H]([NH3+])CC1CCCCC1.O=C([O-])C(F)(F)F. The Labute approximate surface area is 179 Å². The summed E-state index contributed by atoms with van der Waals surface area (Å²) in [5, 5.41) is 14.3. The fourth-order valence-electron chi connectivity index (χ4n) is 3.46. The molecule has 1 aromatic rings. The molecule has 1 saturated carbocycles. The fraction of sp³-hybridized carbons (Fsp3) is 0.571. The van der Waals surface area contributed by atoms with Crippen LogP contribution in [0, 0.1) is 5.92 Å². The summed E-state index contributed by atoms with van der Waals surface area (Å²) in [6.07, 6.45) is 2.33. The molecule has 1 aliphatic rings. The average Bonchev–Trinajstić information content (AvgIpc) is 2.73. The molecule has 1 aliphatic carbocycles. The monoisotopic (exact) mass is 445 g/mol. The summed E-state index contributed by atoms with van der Waals surface area (Å²) in [4.78, 5) is 33.4. The second kappa shape index (κ2) is 12.9. The van der Waals surface area contributed by atoms with Crippen LogP contribution in [0.4, 0.5) is 13.2 Å². The van der Waals surface area contributed by atoms with Crippen molar-refractivity contribution in [3.8, 4) is 0 Å². The molecular formula is C21H30F3N3O4. The van der Waals surface area contributed by atoms with Crippen LogP contribution >= 0.6 is 0 Å². The molecule has 31 heavy (non-hydrogen) atoms. The summed E-state index contributed by atoms with van der Waals surface area (Å²) in [5.41, 5.74) is 5.06. The average molecular weight is 445 g/mol. The lowest BCUT2D eigenvalue weighted by Gasteiger charge is -2.24. The number of likely N-dealkylation sites (N-methyl/N-ethyl adjacent to an activating group) is 1. The predicted molar refractivity (Wildman–Crippen MR) is 105 cm³/mol. The standard InChI is InChI=1S/C19H29N3O2.C2HF3O2/c1-21-19(24)17(13-15-10-6-3-7-11-15)22-18(23)16(20)12-14-8-4-2-5-9-14;3-2(4,5)1(6)7/h3,6-7,10-11,14,16-17H,2,4-5,8-9,12-13,20H2,1H3,(H,21,24)(H,22,23);(H,6,7)/t16-,17-;/m1./s1. The van der Waals surface area contributed by atoms with Gasteiger partial charge in [-0.25, -0.2) is 0 Å². The molecule has 1 aromatic carbocycles. The predicted octanol–water partition coefficient (Wildman–Crippen LogP) is 0.339. The molecule has 0 saturated heterocycles. The number of nitrogens with one attached hydrogen (secondary N) is 2. The smallest absolute Gasteiger partial charge is 0.430 e. The number of alkyl halides is 3. The Bertz CT molecular complexity index is 708. The maximum absolute atomic E-state index is 12.5. The number of carbonyl (C=O) groups is 3. The van der Waals surface area contributed by atoms with Crippen molar-refractivity contribution >= 4 is 17.8 Å². The van der Waals surface area contributed by atoms with Crippen molar-refractivity contribution < 1.29 is 38.4 Å². The maximum atomic E-state index is 12.5. The van der Waals surface area contributed by atoms with E-state index < -0.39 is 18.2 Å². The van der Waals surface area contributed by atoms with E-state index in [1.807, 2.05) is 30.3 Å². The molecule has 1 fully saturated rings. The molecule has 0 unspecified atom stereocenters. The summed E-state index contributed by atoms with van der Waals surface area (Å²) < 4.78 is 31.5. The Morgan fingerprint density at radius 2 is 1.65 bits per heavy atom. The van der Waals surface area contributed by atoms with Gasteiger partial charge in [0.2, 0.25) is 5.91 Å². The maximum Gasteiger partial charge on any atom is 0.430 e. The molecule has 0 aliphatic heterocycles. The number of carbonyl (C=O) groups excluding carboxylic acids is 3. The fourth-order valence-corrected chi connectivity index (χ4v) is 3.46. The number of halogens is 3. The molecule has 5 N–H and O–H groups in total. The van der Waals surface area contributed by atoms with E-state index >= 15 is 0 Å². The van der Waals surface area contributed by atoms with Gasteiger partial charge in [-0.1, -0.05) is 62.4 Å². The molecule has 0 bridgehead atoms. The molecule has 2 amide bonds. The van der Waals surface area contributed by atoms with Gasteiger partial charge in [0.1, 0.15) is 12.0 Å². The molecule has 2 rings (SSSR count). The van der Waals surface area contributed by atoms with E-state index in [1.54, 1.807) is 7.05 Å². The highest BCUT2D eigenvalue weighted by molar-refractivity contribution is 5.89. The molecule has 2 atom stereocenters. The lowest BCUT2D eigenvalue weighted by atomic mass is 9.85. The minimum atomic E-state index is -5.19. The van der Waals surface area contributed by atoms with Crippen LogP contribution in [-0.2, 0) is 20.8 Å². The van der Waals surface area contributed by atoms with E-state index in [9.17, 15) is 22.8 Å². The minimum absolute atomic E-state index is 0.120. The van der Waals surface area contributed by atoms with Gasteiger partial charge < -0.3 is 26.3 Å². The minimum Gasteiger partial charge on any atom is -0.542 e. The first kappa shape index (κ1) is 26.4. The van der Waals surface area contributed by atoms with Crippen LogP contribution in [0.3, 0.4) is 0 Å². The number of rotatable bonds is 7. The van der Waals surface area contributed by atoms with Gasteiger partial charge in [-0.3, -0.25) is 9.59 Å². The number of hydrogen-bond donors (Lipinski definition) is 3. The normalized spacial score (nSPS) is 16.3. The zero-order valence-corrected chi connectivity index (χ0v) is 17.5. The largest absolute Gasteiger partial charge is 0.542 e. The Kier molecular flexibility index (Phi) is 11.0. The number of quaternary nitrogens is 1. The lowest BCUT2D eigenvalue weighted by molar-refractivity contribution is -0.407. The van der Waals surface area contributed by atoms with Gasteiger partial charge in [0.25, 0.3) is 5.91 Å². The highest BCUT2D eigenvalue weighted by Crippen LogP contribution is 2.26. The van der Waals surface area contributed by atoms with Crippen LogP contribution < -0.4 is 21.5 Å². The first-order chi connectivity index (χ1) is 14.5. The van der Waals surface area contributed by atoms with Crippen LogP contribution in [0.5, 0.6) is 0 Å². The Morgan fingerprint density at radius 3 is 2.13 bits per heavy atom. The number of benzene rings is 1. The van der Waals surface area contributed by atoms with Gasteiger partial charge >= 0.3 is 6.18 Å². The van der Waals surface area contributed by atoms with Crippen LogP contribution in [0.1, 0.15) is 44.1 Å². The Hall–Kier alpha value is -2.62. The molecule has 10 heteroatoms. The molecule has 0 radical (unpaired) electrons. The zero-order chi connectivity index (χ0) is 23.4. The third-order valence-electron chi connectivity index (χ3n) is 5.11. The summed E-state index contributed by atoms with van der Waals surface area (Å²) in [7, 11) is 1.59. The van der Waals surface area contributed by atoms with Gasteiger partial charge in [-0.05, 0) is 11.5 Å². The van der Waals surface area contributed by atoms with Gasteiger partial charge in [0, 0.05) is 19.9 Å². The van der Waals surface area contributed by atoms with Crippen molar-refractivity contribution in [1.82, 2.24) is 10.6 Å². The quantitative estimate of drug-likeness (QED) is 0.559. The van der Waals surface area contributed by atoms with Crippen molar-refractivity contribution in [2.45, 2.75) is 63.2 Å². The molecule has 7 nitrogen and oxygen atoms in total. The van der Waals surface area contributed by atoms with Crippen molar-refractivity contribution in [2.75, 3.05) is 7.05 Å². The first-order valence-corrected chi connectivity index (χ1v) is 10.2. The molecule has 0 spiro atoms. The molecule has 0 heterocycles. The highest BCUT2D eigenvalue weighted by Gasteiger charge is 2.29. The van der Waals surface area contributed by atoms with Gasteiger partial charge in [-0.15, -0.1) is 0 Å². The summed E-state index contributed by atoms with van der Waals surface area (Å²) in [6, 6.07) is 8.89. The van der Waals surface area contributed by atoms with Gasteiger partial charge in [-0.2, -0.15) is 13.2 Å². The summed E-state index contributed by atoms with van der Waals surface area (Å²) >= 11 is 0. The van der Waals surface area contributed by atoms with Crippen LogP contribution in [0.15, 0.2) is 30.3 Å². The van der Waals surface area contributed by atoms with Crippen molar-refractivity contribution in [3.05, 3.63) is 35.9 Å². The molecule has 174 valence electrons. The lowest BCUT2D eigenvalue weighted by Crippen LogP contribution is -2.69. The second-order valence-electron chi connectivity index (χ2n) is 7.59. The first-order valence-electron chi connectivity index (χ1n) is 10.2. The number of carboxylic acids is 1. The third kappa shape index (κ3) is 10.3. The van der Waals surface area contributed by atoms with E-state index in [-0.39, 0.29) is 17.9 Å². The Balaban J connectivity index is 0.000000592.